The summed E-state index contributed by atoms with van der Waals surface area (Å²) in [6, 6.07) is 7.95. The van der Waals surface area contributed by atoms with Crippen molar-refractivity contribution >= 4 is 17.3 Å². The fourth-order valence-corrected chi connectivity index (χ4v) is 0.989. The molecule has 1 aromatic carbocycles. The molecular weight excluding hydrogens is 158 g/mol. The van der Waals surface area contributed by atoms with E-state index in [0.717, 1.165) is 5.69 Å². The molecule has 1 N–H and O–H groups in total. The van der Waals surface area contributed by atoms with Crippen molar-refractivity contribution in [1.29, 1.82) is 0 Å². The lowest BCUT2D eigenvalue weighted by molar-refractivity contribution is 1.45. The quantitative estimate of drug-likeness (QED) is 0.668. The smallest absolute Gasteiger partial charge is 0.0989 e. The number of hydrogen-bond donors (Lipinski definition) is 1. The topological polar surface area (TPSA) is 12.0 Å². The first kappa shape index (κ1) is 8.15. The van der Waals surface area contributed by atoms with Crippen LogP contribution in [0.25, 0.3) is 0 Å². The normalized spacial score (nSPS) is 9.27. The Kier molecular flexibility index (Phi) is 2.55. The molecule has 1 rings (SSSR count). The van der Waals surface area contributed by atoms with Gasteiger partial charge in [-0.25, -0.2) is 0 Å². The largest absolute Gasteiger partial charge is 0.347 e. The first-order valence-corrected chi connectivity index (χ1v) is 3.74. The van der Waals surface area contributed by atoms with E-state index in [1.807, 2.05) is 31.2 Å². The van der Waals surface area contributed by atoms with Gasteiger partial charge in [0.2, 0.25) is 0 Å². The highest BCUT2D eigenvalue weighted by Crippen LogP contribution is 2.12. The van der Waals surface area contributed by atoms with Crippen LogP contribution < -0.4 is 5.32 Å². The molecule has 0 saturated heterocycles. The second-order valence-electron chi connectivity index (χ2n) is 2.40. The van der Waals surface area contributed by atoms with Crippen molar-refractivity contribution in [3.05, 3.63) is 41.6 Å². The van der Waals surface area contributed by atoms with E-state index in [9.17, 15) is 0 Å². The lowest BCUT2D eigenvalue weighted by Gasteiger charge is -2.03. The van der Waals surface area contributed by atoms with Gasteiger partial charge in [0.1, 0.15) is 0 Å². The zero-order chi connectivity index (χ0) is 8.27. The summed E-state index contributed by atoms with van der Waals surface area (Å²) >= 11 is 5.56. The Labute approximate surface area is 71.7 Å². The molecule has 0 bridgehead atoms. The van der Waals surface area contributed by atoms with Crippen molar-refractivity contribution in [1.82, 2.24) is 0 Å². The minimum atomic E-state index is 0.440. The van der Waals surface area contributed by atoms with Crippen molar-refractivity contribution in [3.63, 3.8) is 0 Å². The van der Waals surface area contributed by atoms with Crippen molar-refractivity contribution in [2.24, 2.45) is 0 Å². The monoisotopic (exact) mass is 167 g/mol. The van der Waals surface area contributed by atoms with Crippen LogP contribution in [0.4, 0.5) is 5.69 Å². The fraction of sp³-hybridized carbons (Fsp3) is 0.111. The third kappa shape index (κ3) is 2.64. The maximum Gasteiger partial charge on any atom is 0.0989 e. The molecule has 0 fully saturated rings. The van der Waals surface area contributed by atoms with Crippen LogP contribution in [0.15, 0.2) is 36.0 Å². The van der Waals surface area contributed by atoms with Crippen molar-refractivity contribution in [2.75, 3.05) is 5.32 Å². The van der Waals surface area contributed by atoms with Gasteiger partial charge in [-0.2, -0.15) is 0 Å². The molecule has 0 aliphatic heterocycles. The van der Waals surface area contributed by atoms with Gasteiger partial charge in [0.25, 0.3) is 0 Å². The van der Waals surface area contributed by atoms with Crippen LogP contribution in [0.5, 0.6) is 0 Å². The van der Waals surface area contributed by atoms with Crippen LogP contribution in [0.1, 0.15) is 5.56 Å². The van der Waals surface area contributed by atoms with Gasteiger partial charge in [-0.1, -0.05) is 30.3 Å². The van der Waals surface area contributed by atoms with Crippen molar-refractivity contribution in [3.8, 4) is 0 Å². The molecule has 0 spiro atoms. The predicted octanol–water partition coefficient (Wildman–Crippen LogP) is 3.12. The molecule has 11 heavy (non-hydrogen) atoms. The summed E-state index contributed by atoms with van der Waals surface area (Å²) in [5.41, 5.74) is 2.18. The summed E-state index contributed by atoms with van der Waals surface area (Å²) in [5.74, 6) is 0. The van der Waals surface area contributed by atoms with Gasteiger partial charge in [-0.05, 0) is 24.6 Å². The average Bonchev–Trinajstić information content (AvgIpc) is 1.85. The number of halogens is 1. The second kappa shape index (κ2) is 3.44. The minimum Gasteiger partial charge on any atom is -0.347 e. The molecule has 2 heteroatoms. The van der Waals surface area contributed by atoms with E-state index < -0.39 is 0 Å². The number of benzene rings is 1. The van der Waals surface area contributed by atoms with Crippen molar-refractivity contribution in [2.45, 2.75) is 6.92 Å². The minimum absolute atomic E-state index is 0.440. The number of hydrogen-bond acceptors (Lipinski definition) is 1. The molecule has 0 amide bonds. The van der Waals surface area contributed by atoms with E-state index in [4.69, 9.17) is 11.6 Å². The molecule has 0 unspecified atom stereocenters. The third-order valence-corrected chi connectivity index (χ3v) is 1.39. The molecule has 58 valence electrons. The molecule has 0 radical (unpaired) electrons. The van der Waals surface area contributed by atoms with Gasteiger partial charge in [0.05, 0.1) is 5.16 Å². The number of anilines is 1. The van der Waals surface area contributed by atoms with E-state index in [-0.39, 0.29) is 0 Å². The van der Waals surface area contributed by atoms with Gasteiger partial charge in [0.15, 0.2) is 0 Å². The fourth-order valence-electron chi connectivity index (χ4n) is 0.879. The molecule has 1 aromatic rings. The zero-order valence-electron chi connectivity index (χ0n) is 6.39. The lowest BCUT2D eigenvalue weighted by Crippen LogP contribution is -1.90. The lowest BCUT2D eigenvalue weighted by atomic mass is 10.2. The molecular formula is C9H10ClN. The van der Waals surface area contributed by atoms with Crippen LogP contribution >= 0.6 is 11.6 Å². The Morgan fingerprint density at radius 2 is 2.27 bits per heavy atom. The summed E-state index contributed by atoms with van der Waals surface area (Å²) in [5, 5.41) is 3.36. The van der Waals surface area contributed by atoms with Crippen LogP contribution in [0, 0.1) is 6.92 Å². The Morgan fingerprint density at radius 1 is 1.55 bits per heavy atom. The number of rotatable bonds is 2. The maximum absolute atomic E-state index is 5.56. The van der Waals surface area contributed by atoms with Crippen molar-refractivity contribution < 1.29 is 0 Å². The average molecular weight is 168 g/mol. The number of aryl methyl sites for hydroxylation is 1. The van der Waals surface area contributed by atoms with Gasteiger partial charge < -0.3 is 5.32 Å². The Hall–Kier alpha value is -0.950. The molecule has 0 saturated carbocycles. The standard InChI is InChI=1S/C9H10ClN/c1-7-4-3-5-9(6-7)11-8(2)10/h3-6,11H,2H2,1H3. The van der Waals surface area contributed by atoms with Crippen LogP contribution in [-0.4, -0.2) is 0 Å². The van der Waals surface area contributed by atoms with E-state index in [2.05, 4.69) is 11.9 Å². The first-order chi connectivity index (χ1) is 5.18. The summed E-state index contributed by atoms with van der Waals surface area (Å²) in [4.78, 5) is 0. The molecule has 0 aliphatic rings. The maximum atomic E-state index is 5.56. The highest BCUT2D eigenvalue weighted by Gasteiger charge is 1.90. The summed E-state index contributed by atoms with van der Waals surface area (Å²) in [7, 11) is 0. The molecule has 1 nitrogen and oxygen atoms in total. The first-order valence-electron chi connectivity index (χ1n) is 3.36. The predicted molar refractivity (Wildman–Crippen MR) is 49.8 cm³/mol. The van der Waals surface area contributed by atoms with E-state index in [1.54, 1.807) is 0 Å². The zero-order valence-corrected chi connectivity index (χ0v) is 7.15. The second-order valence-corrected chi connectivity index (χ2v) is 2.86. The summed E-state index contributed by atoms with van der Waals surface area (Å²) < 4.78 is 0. The van der Waals surface area contributed by atoms with E-state index in [0.29, 0.717) is 5.16 Å². The SMILES string of the molecule is C=C(Cl)Nc1cccc(C)c1. The van der Waals surface area contributed by atoms with E-state index >= 15 is 0 Å². The molecule has 0 atom stereocenters. The van der Waals surface area contributed by atoms with Crippen LogP contribution in [0.3, 0.4) is 0 Å². The molecule has 0 aromatic heterocycles. The Morgan fingerprint density at radius 3 is 2.82 bits per heavy atom. The van der Waals surface area contributed by atoms with Crippen LogP contribution in [-0.2, 0) is 0 Å². The Balaban J connectivity index is 2.79. The third-order valence-electron chi connectivity index (χ3n) is 1.30. The van der Waals surface area contributed by atoms with E-state index in [1.165, 1.54) is 5.56 Å². The summed E-state index contributed by atoms with van der Waals surface area (Å²) in [6.07, 6.45) is 0. The molecule has 0 aliphatic carbocycles. The molecule has 0 heterocycles. The van der Waals surface area contributed by atoms with Gasteiger partial charge in [0, 0.05) is 5.69 Å². The number of nitrogens with one attached hydrogen (secondary N) is 1. The van der Waals surface area contributed by atoms with Crippen LogP contribution in [0.2, 0.25) is 0 Å². The highest BCUT2D eigenvalue weighted by molar-refractivity contribution is 6.30. The highest BCUT2D eigenvalue weighted by atomic mass is 35.5. The van der Waals surface area contributed by atoms with Gasteiger partial charge >= 0.3 is 0 Å². The van der Waals surface area contributed by atoms with Gasteiger partial charge in [-0.15, -0.1) is 0 Å². The van der Waals surface area contributed by atoms with Gasteiger partial charge in [-0.3, -0.25) is 0 Å². The Bertz CT molecular complexity index is 268. The summed E-state index contributed by atoms with van der Waals surface area (Å²) in [6.45, 7) is 5.56.